The Bertz CT molecular complexity index is 2440. The Balaban J connectivity index is 0.927. The lowest BCUT2D eigenvalue weighted by Crippen LogP contribution is -2.51. The predicted octanol–water partition coefficient (Wildman–Crippen LogP) is 6.11. The molecule has 5 heterocycles. The molecule has 2 aromatic heterocycles. The lowest BCUT2D eigenvalue weighted by molar-refractivity contribution is -0.137. The molecule has 3 aromatic carbocycles. The molecule has 3 aliphatic rings. The molecular weight excluding hydrogens is 827 g/mol. The first-order valence-corrected chi connectivity index (χ1v) is 22.7. The summed E-state index contributed by atoms with van der Waals surface area (Å²) < 4.78 is 20.0. The fourth-order valence-electron chi connectivity index (χ4n) is 7.99. The summed E-state index contributed by atoms with van der Waals surface area (Å²) in [5.74, 6) is 1.08. The zero-order valence-corrected chi connectivity index (χ0v) is 35.5. The van der Waals surface area contributed by atoms with Crippen molar-refractivity contribution >= 4 is 92.7 Å². The van der Waals surface area contributed by atoms with E-state index in [1.54, 1.807) is 39.0 Å². The van der Waals surface area contributed by atoms with Crippen LogP contribution in [0, 0.1) is 6.92 Å². The number of carbonyl (C=O) groups is 2. The maximum absolute atomic E-state index is 13.5. The second-order valence-corrected chi connectivity index (χ2v) is 19.5. The van der Waals surface area contributed by atoms with Crippen LogP contribution in [0.5, 0.6) is 5.75 Å². The Labute approximate surface area is 345 Å². The molecular formula is C40H44BrN10O4PS. The number of nitrogens with one attached hydrogen (secondary N) is 3. The minimum absolute atomic E-state index is 0.192. The van der Waals surface area contributed by atoms with Gasteiger partial charge in [-0.05, 0) is 83.1 Å². The standard InChI is InChI=1S/C40H44BrN10O4PS/c1-23-17-30(46-40-44-20-27(41)37(48-40)45-29-8-7-28-35(43-12-11-42-28)36(29)56(3,4)54)33(55-2)19-32(23)50-15-13-49(14-16-50)21-24-5-6-25-22-51(39(57)26(25)18-24)31-9-10-34(52)47-38(31)53/h5-8,11-12,17-20,31,39,57H,9-10,13-16,21-22H2,1-4H3,(H,47,52,53)(H2,44,45,46,48). The first kappa shape index (κ1) is 39.2. The third-order valence-corrected chi connectivity index (χ3v) is 13.5. The van der Waals surface area contributed by atoms with Crippen LogP contribution < -0.4 is 30.9 Å². The summed E-state index contributed by atoms with van der Waals surface area (Å²) in [6.45, 7) is 10.5. The van der Waals surface area contributed by atoms with E-state index in [4.69, 9.17) is 22.3 Å². The van der Waals surface area contributed by atoms with Crippen molar-refractivity contribution in [1.29, 1.82) is 0 Å². The van der Waals surface area contributed by atoms with E-state index < -0.39 is 7.14 Å². The molecule has 57 heavy (non-hydrogen) atoms. The molecule has 2 fully saturated rings. The molecule has 0 aliphatic carbocycles. The van der Waals surface area contributed by atoms with Crippen molar-refractivity contribution < 1.29 is 18.9 Å². The summed E-state index contributed by atoms with van der Waals surface area (Å²) in [7, 11) is -1.12. The molecule has 0 radical (unpaired) electrons. The number of anilines is 5. The van der Waals surface area contributed by atoms with Gasteiger partial charge < -0.3 is 24.8 Å². The number of aromatic nitrogens is 4. The Hall–Kier alpha value is -4.60. The van der Waals surface area contributed by atoms with E-state index in [1.807, 2.05) is 12.1 Å². The number of carbonyl (C=O) groups excluding carboxylic acids is 2. The van der Waals surface area contributed by atoms with Gasteiger partial charge in [-0.2, -0.15) is 17.6 Å². The summed E-state index contributed by atoms with van der Waals surface area (Å²) in [6, 6.07) is 14.0. The second-order valence-electron chi connectivity index (χ2n) is 15.0. The van der Waals surface area contributed by atoms with Crippen LogP contribution in [-0.4, -0.2) is 94.2 Å². The highest BCUT2D eigenvalue weighted by atomic mass is 79.9. The maximum Gasteiger partial charge on any atom is 0.243 e. The number of piperidine rings is 1. The van der Waals surface area contributed by atoms with E-state index >= 15 is 0 Å². The monoisotopic (exact) mass is 870 g/mol. The van der Waals surface area contributed by atoms with Gasteiger partial charge >= 0.3 is 0 Å². The number of piperazine rings is 1. The van der Waals surface area contributed by atoms with E-state index in [0.717, 1.165) is 55.2 Å². The number of aryl methyl sites for hydroxylation is 1. The van der Waals surface area contributed by atoms with Crippen molar-refractivity contribution in [1.82, 2.24) is 35.1 Å². The van der Waals surface area contributed by atoms with Crippen LogP contribution in [0.2, 0.25) is 0 Å². The van der Waals surface area contributed by atoms with E-state index in [9.17, 15) is 14.2 Å². The van der Waals surface area contributed by atoms with Gasteiger partial charge in [0.25, 0.3) is 0 Å². The number of amides is 2. The number of hydrogen-bond donors (Lipinski definition) is 4. The number of thiol groups is 1. The Morgan fingerprint density at radius 3 is 2.54 bits per heavy atom. The number of fused-ring (bicyclic) bond motifs is 2. The number of imide groups is 1. The number of hydrogen-bond acceptors (Lipinski definition) is 14. The summed E-state index contributed by atoms with van der Waals surface area (Å²) in [6.07, 6.45) is 5.76. The van der Waals surface area contributed by atoms with Crippen LogP contribution in [0.25, 0.3) is 11.0 Å². The fraction of sp³-hybridized carbons (Fsp3) is 0.350. The zero-order valence-electron chi connectivity index (χ0n) is 32.1. The topological polar surface area (TPSA) is 158 Å². The molecule has 0 saturated carbocycles. The molecule has 3 aliphatic heterocycles. The first-order chi connectivity index (χ1) is 27.4. The first-order valence-electron chi connectivity index (χ1n) is 18.8. The van der Waals surface area contributed by atoms with Crippen molar-refractivity contribution in [3.63, 3.8) is 0 Å². The highest BCUT2D eigenvalue weighted by molar-refractivity contribution is 9.10. The molecule has 5 aromatic rings. The van der Waals surface area contributed by atoms with Gasteiger partial charge in [0.2, 0.25) is 17.8 Å². The minimum atomic E-state index is -2.77. The molecule has 296 valence electrons. The molecule has 2 unspecified atom stereocenters. The summed E-state index contributed by atoms with van der Waals surface area (Å²) in [5, 5.41) is 9.61. The predicted molar refractivity (Wildman–Crippen MR) is 230 cm³/mol. The fourth-order valence-corrected chi connectivity index (χ4v) is 10.2. The average molecular weight is 872 g/mol. The average Bonchev–Trinajstić information content (AvgIpc) is 3.50. The van der Waals surface area contributed by atoms with Crippen LogP contribution in [0.4, 0.5) is 28.8 Å². The van der Waals surface area contributed by atoms with Crippen molar-refractivity contribution in [2.45, 2.75) is 44.3 Å². The summed E-state index contributed by atoms with van der Waals surface area (Å²) in [4.78, 5) is 49.4. The van der Waals surface area contributed by atoms with E-state index in [0.29, 0.717) is 63.4 Å². The minimum Gasteiger partial charge on any atom is -0.494 e. The van der Waals surface area contributed by atoms with Gasteiger partial charge in [0, 0.05) is 76.0 Å². The normalized spacial score (nSPS) is 19.1. The summed E-state index contributed by atoms with van der Waals surface area (Å²) in [5.41, 5.74) is 8.35. The van der Waals surface area contributed by atoms with Crippen LogP contribution in [0.15, 0.2) is 65.5 Å². The number of methoxy groups -OCH3 is 1. The van der Waals surface area contributed by atoms with Crippen LogP contribution >= 0.6 is 35.7 Å². The largest absolute Gasteiger partial charge is 0.494 e. The van der Waals surface area contributed by atoms with Crippen molar-refractivity contribution in [2.75, 3.05) is 62.2 Å². The molecule has 8 rings (SSSR count). The van der Waals surface area contributed by atoms with Gasteiger partial charge in [-0.25, -0.2) is 4.98 Å². The van der Waals surface area contributed by atoms with Crippen molar-refractivity contribution in [2.24, 2.45) is 0 Å². The van der Waals surface area contributed by atoms with Gasteiger partial charge in [0.05, 0.1) is 45.2 Å². The van der Waals surface area contributed by atoms with E-state index in [1.165, 1.54) is 11.1 Å². The Kier molecular flexibility index (Phi) is 11.0. The van der Waals surface area contributed by atoms with Gasteiger partial charge in [-0.1, -0.05) is 18.2 Å². The third kappa shape index (κ3) is 8.11. The van der Waals surface area contributed by atoms with E-state index in [-0.39, 0.29) is 23.2 Å². The zero-order chi connectivity index (χ0) is 40.0. The number of halogens is 1. The highest BCUT2D eigenvalue weighted by Gasteiger charge is 2.39. The van der Waals surface area contributed by atoms with Crippen molar-refractivity contribution in [3.8, 4) is 5.75 Å². The van der Waals surface area contributed by atoms with Crippen molar-refractivity contribution in [3.05, 3.63) is 87.8 Å². The lowest BCUT2D eigenvalue weighted by Gasteiger charge is -2.37. The van der Waals surface area contributed by atoms with E-state index in [2.05, 4.69) is 98.8 Å². The molecule has 17 heteroatoms. The Morgan fingerprint density at radius 1 is 1.00 bits per heavy atom. The smallest absolute Gasteiger partial charge is 0.243 e. The molecule has 2 amide bonds. The van der Waals surface area contributed by atoms with Crippen LogP contribution in [-0.2, 0) is 27.2 Å². The van der Waals surface area contributed by atoms with Crippen LogP contribution in [0.3, 0.4) is 0 Å². The Morgan fingerprint density at radius 2 is 1.79 bits per heavy atom. The molecule has 0 spiro atoms. The molecule has 2 saturated heterocycles. The molecule has 2 atom stereocenters. The SMILES string of the molecule is COc1cc(N2CCN(Cc3ccc4c(c3)C(S)N(C3CCC(=O)NC3=O)C4)CC2)c(C)cc1Nc1ncc(Br)c(Nc2ccc3nccnc3c2P(C)(C)=O)n1. The number of nitrogens with zero attached hydrogens (tertiary/aromatic N) is 7. The molecule has 14 nitrogen and oxygen atoms in total. The second kappa shape index (κ2) is 16.0. The van der Waals surface area contributed by atoms with Gasteiger partial charge in [0.15, 0.2) is 0 Å². The number of rotatable bonds is 10. The van der Waals surface area contributed by atoms with Gasteiger partial charge in [-0.3, -0.25) is 34.7 Å². The lowest BCUT2D eigenvalue weighted by atomic mass is 10.0. The maximum atomic E-state index is 13.5. The quantitative estimate of drug-likeness (QED) is 0.0726. The van der Waals surface area contributed by atoms with Crippen LogP contribution in [0.1, 0.15) is 40.5 Å². The third-order valence-electron chi connectivity index (χ3n) is 10.8. The number of benzene rings is 3. The number of ether oxygens (including phenoxy) is 1. The summed E-state index contributed by atoms with van der Waals surface area (Å²) >= 11 is 8.49. The molecule has 3 N–H and O–H groups in total. The van der Waals surface area contributed by atoms with Gasteiger partial charge in [0.1, 0.15) is 24.2 Å². The molecule has 0 bridgehead atoms. The van der Waals surface area contributed by atoms with Gasteiger partial charge in [-0.15, -0.1) is 0 Å². The highest BCUT2D eigenvalue weighted by Crippen LogP contribution is 2.42.